The summed E-state index contributed by atoms with van der Waals surface area (Å²) in [5.41, 5.74) is 7.85. The van der Waals surface area contributed by atoms with Crippen LogP contribution in [0.2, 0.25) is 0 Å². The lowest BCUT2D eigenvalue weighted by atomic mass is 9.91. The molecule has 0 spiro atoms. The molecule has 3 N–H and O–H groups in total. The van der Waals surface area contributed by atoms with Crippen LogP contribution >= 0.6 is 0 Å². The summed E-state index contributed by atoms with van der Waals surface area (Å²) in [6.45, 7) is 7.83. The maximum Gasteiger partial charge on any atom is 0.358 e. The van der Waals surface area contributed by atoms with Gasteiger partial charge in [0.25, 0.3) is 0 Å². The molecule has 1 aliphatic heterocycles. The maximum atomic E-state index is 11.0. The van der Waals surface area contributed by atoms with Crippen LogP contribution in [0, 0.1) is 12.8 Å². The number of hydrogen-bond donors (Lipinski definition) is 2. The zero-order valence-corrected chi connectivity index (χ0v) is 12.1. The summed E-state index contributed by atoms with van der Waals surface area (Å²) in [6.07, 6.45) is 0.552. The molecule has 0 amide bonds. The van der Waals surface area contributed by atoms with Gasteiger partial charge < -0.3 is 15.6 Å². The Morgan fingerprint density at radius 2 is 2.00 bits per heavy atom. The SMILES string of the molecule is CC1=C(C)C(C)CC(c2nc(N)c(C(=O)O)nc2C)O1. The fraction of sp³-hybridized carbons (Fsp3) is 0.500. The molecule has 108 valence electrons. The monoisotopic (exact) mass is 277 g/mol. The molecule has 20 heavy (non-hydrogen) atoms. The zero-order valence-electron chi connectivity index (χ0n) is 12.1. The number of carbonyl (C=O) groups is 1. The second-order valence-electron chi connectivity index (χ2n) is 5.22. The quantitative estimate of drug-likeness (QED) is 0.861. The number of nitrogen functional groups attached to an aromatic ring is 1. The van der Waals surface area contributed by atoms with Crippen LogP contribution in [0.4, 0.5) is 5.82 Å². The molecule has 2 atom stereocenters. The van der Waals surface area contributed by atoms with Crippen molar-refractivity contribution in [2.24, 2.45) is 5.92 Å². The van der Waals surface area contributed by atoms with E-state index in [4.69, 9.17) is 15.6 Å². The average molecular weight is 277 g/mol. The predicted octanol–water partition coefficient (Wildman–Crippen LogP) is 2.46. The van der Waals surface area contributed by atoms with Gasteiger partial charge in [0.05, 0.1) is 11.5 Å². The van der Waals surface area contributed by atoms with Crippen LogP contribution in [0.1, 0.15) is 55.2 Å². The molecule has 0 aromatic carbocycles. The van der Waals surface area contributed by atoms with Crippen molar-refractivity contribution in [1.29, 1.82) is 0 Å². The first kappa shape index (κ1) is 14.3. The molecule has 2 rings (SSSR count). The summed E-state index contributed by atoms with van der Waals surface area (Å²) in [4.78, 5) is 19.2. The second-order valence-corrected chi connectivity index (χ2v) is 5.22. The Morgan fingerprint density at radius 1 is 1.35 bits per heavy atom. The largest absolute Gasteiger partial charge is 0.489 e. The van der Waals surface area contributed by atoms with Gasteiger partial charge in [-0.05, 0) is 38.7 Å². The maximum absolute atomic E-state index is 11.0. The highest BCUT2D eigenvalue weighted by Gasteiger charge is 2.28. The van der Waals surface area contributed by atoms with Gasteiger partial charge in [-0.1, -0.05) is 6.92 Å². The fourth-order valence-corrected chi connectivity index (χ4v) is 2.38. The average Bonchev–Trinajstić information content (AvgIpc) is 2.37. The molecule has 0 saturated heterocycles. The Bertz CT molecular complexity index is 596. The topological polar surface area (TPSA) is 98.3 Å². The first-order chi connectivity index (χ1) is 9.31. The van der Waals surface area contributed by atoms with E-state index >= 15 is 0 Å². The first-order valence-electron chi connectivity index (χ1n) is 6.52. The van der Waals surface area contributed by atoms with Crippen LogP contribution in [-0.2, 0) is 4.74 Å². The van der Waals surface area contributed by atoms with E-state index in [-0.39, 0.29) is 17.6 Å². The summed E-state index contributed by atoms with van der Waals surface area (Å²) in [5, 5.41) is 8.99. The van der Waals surface area contributed by atoms with Gasteiger partial charge >= 0.3 is 5.97 Å². The van der Waals surface area contributed by atoms with E-state index in [1.54, 1.807) is 6.92 Å². The third kappa shape index (κ3) is 2.45. The highest BCUT2D eigenvalue weighted by Crippen LogP contribution is 2.37. The molecular formula is C14H19N3O3. The van der Waals surface area contributed by atoms with Crippen LogP contribution in [0.3, 0.4) is 0 Å². The van der Waals surface area contributed by atoms with Crippen molar-refractivity contribution in [3.8, 4) is 0 Å². The van der Waals surface area contributed by atoms with Gasteiger partial charge in [-0.25, -0.2) is 14.8 Å². The second kappa shape index (κ2) is 5.11. The summed E-state index contributed by atoms with van der Waals surface area (Å²) in [5.74, 6) is 0.0268. The highest BCUT2D eigenvalue weighted by molar-refractivity contribution is 5.90. The Hall–Kier alpha value is -2.11. The van der Waals surface area contributed by atoms with E-state index in [0.29, 0.717) is 17.3 Å². The van der Waals surface area contributed by atoms with Crippen molar-refractivity contribution in [3.05, 3.63) is 28.4 Å². The number of nitrogens with zero attached hydrogens (tertiary/aromatic N) is 2. The number of carboxylic acid groups (broad SMARTS) is 1. The molecule has 0 fully saturated rings. The van der Waals surface area contributed by atoms with Crippen molar-refractivity contribution >= 4 is 11.8 Å². The summed E-state index contributed by atoms with van der Waals surface area (Å²) < 4.78 is 5.87. The zero-order chi connectivity index (χ0) is 15.0. The molecule has 2 heterocycles. The number of carboxylic acids is 1. The molecule has 2 unspecified atom stereocenters. The summed E-state index contributed by atoms with van der Waals surface area (Å²) in [6, 6.07) is 0. The van der Waals surface area contributed by atoms with Crippen molar-refractivity contribution in [2.75, 3.05) is 5.73 Å². The van der Waals surface area contributed by atoms with Gasteiger partial charge in [0.1, 0.15) is 11.8 Å². The minimum Gasteiger partial charge on any atom is -0.489 e. The van der Waals surface area contributed by atoms with Crippen molar-refractivity contribution in [3.63, 3.8) is 0 Å². The van der Waals surface area contributed by atoms with Crippen LogP contribution in [-0.4, -0.2) is 21.0 Å². The third-order valence-corrected chi connectivity index (χ3v) is 3.82. The fourth-order valence-electron chi connectivity index (χ4n) is 2.38. The van der Waals surface area contributed by atoms with Crippen molar-refractivity contribution in [1.82, 2.24) is 9.97 Å². The standard InChI is InChI=1S/C14H19N3O3/c1-6-5-10(20-9(4)7(6)2)11-8(3)16-12(14(18)19)13(15)17-11/h6,10H,5H2,1-4H3,(H2,15,17)(H,18,19). The molecule has 0 bridgehead atoms. The van der Waals surface area contributed by atoms with Crippen LogP contribution in [0.5, 0.6) is 0 Å². The Kier molecular flexibility index (Phi) is 3.65. The van der Waals surface area contributed by atoms with Gasteiger partial charge in [0.2, 0.25) is 0 Å². The van der Waals surface area contributed by atoms with Gasteiger partial charge in [0.15, 0.2) is 11.5 Å². The smallest absolute Gasteiger partial charge is 0.358 e. The van der Waals surface area contributed by atoms with Gasteiger partial charge in [0, 0.05) is 0 Å². The lowest BCUT2D eigenvalue weighted by Gasteiger charge is -2.30. The van der Waals surface area contributed by atoms with E-state index in [2.05, 4.69) is 23.8 Å². The number of rotatable bonds is 2. The number of aromatic carboxylic acids is 1. The lowest BCUT2D eigenvalue weighted by Crippen LogP contribution is -2.20. The molecule has 1 aliphatic rings. The van der Waals surface area contributed by atoms with E-state index in [1.165, 1.54) is 5.57 Å². The van der Waals surface area contributed by atoms with Gasteiger partial charge in [-0.2, -0.15) is 0 Å². The number of hydrogen-bond acceptors (Lipinski definition) is 5. The number of anilines is 1. The molecule has 1 aromatic heterocycles. The van der Waals surface area contributed by atoms with E-state index in [1.807, 2.05) is 6.92 Å². The highest BCUT2D eigenvalue weighted by atomic mass is 16.5. The molecule has 0 radical (unpaired) electrons. The minimum atomic E-state index is -1.17. The lowest BCUT2D eigenvalue weighted by molar-refractivity contribution is 0.0679. The minimum absolute atomic E-state index is 0.0710. The molecular weight excluding hydrogens is 258 g/mol. The Morgan fingerprint density at radius 3 is 2.55 bits per heavy atom. The van der Waals surface area contributed by atoms with Crippen molar-refractivity contribution in [2.45, 2.75) is 40.2 Å². The van der Waals surface area contributed by atoms with Crippen molar-refractivity contribution < 1.29 is 14.6 Å². The van der Waals surface area contributed by atoms with Crippen LogP contribution < -0.4 is 5.73 Å². The van der Waals surface area contributed by atoms with E-state index < -0.39 is 5.97 Å². The van der Waals surface area contributed by atoms with Crippen LogP contribution in [0.25, 0.3) is 0 Å². The molecule has 1 aromatic rings. The molecule has 6 heteroatoms. The molecule has 0 saturated carbocycles. The first-order valence-corrected chi connectivity index (χ1v) is 6.52. The number of ether oxygens (including phenoxy) is 1. The number of nitrogens with two attached hydrogens (primary N) is 1. The summed E-state index contributed by atoms with van der Waals surface area (Å²) in [7, 11) is 0. The molecule has 6 nitrogen and oxygen atoms in total. The van der Waals surface area contributed by atoms with Gasteiger partial charge in [-0.15, -0.1) is 0 Å². The number of aromatic nitrogens is 2. The Balaban J connectivity index is 2.40. The number of aryl methyl sites for hydroxylation is 1. The summed E-state index contributed by atoms with van der Waals surface area (Å²) >= 11 is 0. The normalized spacial score (nSPS) is 22.6. The number of allylic oxidation sites excluding steroid dienone is 2. The van der Waals surface area contributed by atoms with E-state index in [0.717, 1.165) is 12.2 Å². The van der Waals surface area contributed by atoms with Gasteiger partial charge in [-0.3, -0.25) is 0 Å². The third-order valence-electron chi connectivity index (χ3n) is 3.82. The van der Waals surface area contributed by atoms with Crippen LogP contribution in [0.15, 0.2) is 11.3 Å². The Labute approximate surface area is 117 Å². The predicted molar refractivity (Wildman–Crippen MR) is 74.1 cm³/mol. The molecule has 0 aliphatic carbocycles. The van der Waals surface area contributed by atoms with E-state index in [9.17, 15) is 4.79 Å².